The summed E-state index contributed by atoms with van der Waals surface area (Å²) in [6.45, 7) is 0. The summed E-state index contributed by atoms with van der Waals surface area (Å²) in [7, 11) is 0. The van der Waals surface area contributed by atoms with E-state index < -0.39 is 0 Å². The van der Waals surface area contributed by atoms with E-state index in [2.05, 4.69) is 181 Å². The molecule has 0 bridgehead atoms. The van der Waals surface area contributed by atoms with Crippen LogP contribution in [0, 0.1) is 0 Å². The minimum atomic E-state index is 0.843. The molecule has 0 aliphatic carbocycles. The average Bonchev–Trinajstić information content (AvgIpc) is 3.45. The highest BCUT2D eigenvalue weighted by atomic mass is 15.0. The van der Waals surface area contributed by atoms with Crippen LogP contribution in [0.1, 0.15) is 11.1 Å². The number of nitrogens with zero attached hydrogens (tertiary/aromatic N) is 1. The number of rotatable bonds is 5. The molecule has 8 aromatic carbocycles. The number of aromatic nitrogens is 1. The Morgan fingerprint density at radius 1 is 0.457 bits per heavy atom. The Morgan fingerprint density at radius 2 is 1.09 bits per heavy atom. The number of hydrogen-bond donors (Lipinski definition) is 0. The monoisotopic (exact) mass is 585 g/mol. The van der Waals surface area contributed by atoms with Crippen LogP contribution in [0.2, 0.25) is 0 Å². The van der Waals surface area contributed by atoms with Crippen molar-refractivity contribution < 1.29 is 0 Å². The minimum absolute atomic E-state index is 0.843. The van der Waals surface area contributed by atoms with Crippen molar-refractivity contribution >= 4 is 60.2 Å². The molecule has 0 N–H and O–H groups in total. The molecule has 9 rings (SSSR count). The van der Waals surface area contributed by atoms with E-state index in [9.17, 15) is 0 Å². The van der Waals surface area contributed by atoms with Gasteiger partial charge in [0.2, 0.25) is 0 Å². The van der Waals surface area contributed by atoms with Gasteiger partial charge in [-0.2, -0.15) is 0 Å². The van der Waals surface area contributed by atoms with Gasteiger partial charge in [-0.15, -0.1) is 0 Å². The SMILES string of the molecule is C(=C\c1c2ccccc2c(-c2ccccc2)c2c1ccc1ccccc12)/Cc1ccc2c3ccccc3n(-c3ccccc3)c2c1. The zero-order valence-electron chi connectivity index (χ0n) is 25.4. The molecule has 1 heterocycles. The molecule has 1 aromatic heterocycles. The summed E-state index contributed by atoms with van der Waals surface area (Å²) in [6.07, 6.45) is 5.54. The normalized spacial score (nSPS) is 11.9. The summed E-state index contributed by atoms with van der Waals surface area (Å²) >= 11 is 0. The van der Waals surface area contributed by atoms with Crippen LogP contribution in [-0.2, 0) is 6.42 Å². The van der Waals surface area contributed by atoms with Crippen molar-refractivity contribution in [3.63, 3.8) is 0 Å². The second kappa shape index (κ2) is 10.9. The summed E-state index contributed by atoms with van der Waals surface area (Å²) in [6, 6.07) is 59.5. The zero-order valence-corrected chi connectivity index (χ0v) is 25.4. The maximum Gasteiger partial charge on any atom is 0.0543 e. The summed E-state index contributed by atoms with van der Waals surface area (Å²) in [5.74, 6) is 0. The lowest BCUT2D eigenvalue weighted by atomic mass is 9.86. The molecule has 0 aliphatic heterocycles. The second-order valence-electron chi connectivity index (χ2n) is 12.1. The van der Waals surface area contributed by atoms with E-state index in [1.807, 2.05) is 0 Å². The number of para-hydroxylation sites is 2. The highest BCUT2D eigenvalue weighted by molar-refractivity contribution is 6.25. The van der Waals surface area contributed by atoms with Crippen molar-refractivity contribution in [3.8, 4) is 16.8 Å². The topological polar surface area (TPSA) is 4.93 Å². The Labute approximate surface area is 268 Å². The third-order valence-corrected chi connectivity index (χ3v) is 9.41. The zero-order chi connectivity index (χ0) is 30.5. The van der Waals surface area contributed by atoms with Crippen LogP contribution in [0.3, 0.4) is 0 Å². The van der Waals surface area contributed by atoms with E-state index in [4.69, 9.17) is 0 Å². The summed E-state index contributed by atoms with van der Waals surface area (Å²) in [5, 5.41) is 10.3. The molecule has 0 saturated heterocycles. The standard InChI is InChI=1S/C45H31N/c1-3-16-33(17-4-1)44-40-23-10-9-21-36(40)37(41-29-27-32-15-7-8-20-35(32)45(41)44)24-13-14-31-26-28-39-38-22-11-12-25-42(38)46(43(39)30-31)34-18-5-2-6-19-34/h1-13,15-30H,14H2/b24-13+. The minimum Gasteiger partial charge on any atom is -0.309 e. The van der Waals surface area contributed by atoms with Gasteiger partial charge in [-0.3, -0.25) is 0 Å². The first kappa shape index (κ1) is 26.5. The molecular weight excluding hydrogens is 555 g/mol. The Balaban J connectivity index is 1.22. The van der Waals surface area contributed by atoms with E-state index in [1.165, 1.54) is 82.1 Å². The van der Waals surface area contributed by atoms with Crippen LogP contribution < -0.4 is 0 Å². The van der Waals surface area contributed by atoms with Gasteiger partial charge in [0.1, 0.15) is 0 Å². The number of allylic oxidation sites excluding steroid dienone is 1. The fourth-order valence-corrected chi connectivity index (χ4v) is 7.38. The highest BCUT2D eigenvalue weighted by Crippen LogP contribution is 2.43. The molecule has 1 nitrogen and oxygen atoms in total. The first-order valence-corrected chi connectivity index (χ1v) is 16.0. The smallest absolute Gasteiger partial charge is 0.0543 e. The fraction of sp³-hybridized carbons (Fsp3) is 0.0222. The Kier molecular flexibility index (Phi) is 6.28. The largest absolute Gasteiger partial charge is 0.309 e. The predicted molar refractivity (Wildman–Crippen MR) is 198 cm³/mol. The molecule has 0 unspecified atom stereocenters. The third kappa shape index (κ3) is 4.24. The van der Waals surface area contributed by atoms with Crippen molar-refractivity contribution in [1.82, 2.24) is 4.57 Å². The average molecular weight is 586 g/mol. The van der Waals surface area contributed by atoms with Crippen LogP contribution in [0.25, 0.3) is 77.0 Å². The molecule has 0 radical (unpaired) electrons. The van der Waals surface area contributed by atoms with Gasteiger partial charge in [0.15, 0.2) is 0 Å². The number of benzene rings is 8. The van der Waals surface area contributed by atoms with E-state index in [0.717, 1.165) is 6.42 Å². The Morgan fingerprint density at radius 3 is 1.91 bits per heavy atom. The number of hydrogen-bond acceptors (Lipinski definition) is 0. The van der Waals surface area contributed by atoms with E-state index in [0.29, 0.717) is 0 Å². The second-order valence-corrected chi connectivity index (χ2v) is 12.1. The molecule has 0 atom stereocenters. The van der Waals surface area contributed by atoms with Crippen LogP contribution in [-0.4, -0.2) is 4.57 Å². The van der Waals surface area contributed by atoms with Crippen molar-refractivity contribution in [2.45, 2.75) is 6.42 Å². The predicted octanol–water partition coefficient (Wildman–Crippen LogP) is 12.2. The maximum absolute atomic E-state index is 2.40. The molecule has 0 aliphatic rings. The first-order chi connectivity index (χ1) is 22.8. The van der Waals surface area contributed by atoms with Gasteiger partial charge >= 0.3 is 0 Å². The molecule has 46 heavy (non-hydrogen) atoms. The van der Waals surface area contributed by atoms with E-state index in [-0.39, 0.29) is 0 Å². The quantitative estimate of drug-likeness (QED) is 0.140. The molecule has 0 saturated carbocycles. The third-order valence-electron chi connectivity index (χ3n) is 9.41. The van der Waals surface area contributed by atoms with Gasteiger partial charge in [-0.05, 0) is 85.3 Å². The summed E-state index contributed by atoms with van der Waals surface area (Å²) in [4.78, 5) is 0. The van der Waals surface area contributed by atoms with Gasteiger partial charge in [-0.1, -0.05) is 152 Å². The lowest BCUT2D eigenvalue weighted by molar-refractivity contribution is 1.17. The van der Waals surface area contributed by atoms with Crippen molar-refractivity contribution in [3.05, 3.63) is 181 Å². The Hall–Kier alpha value is -5.92. The van der Waals surface area contributed by atoms with Gasteiger partial charge in [-0.25, -0.2) is 0 Å². The van der Waals surface area contributed by atoms with Crippen LogP contribution in [0.5, 0.6) is 0 Å². The molecule has 1 heteroatoms. The fourth-order valence-electron chi connectivity index (χ4n) is 7.38. The first-order valence-electron chi connectivity index (χ1n) is 16.0. The van der Waals surface area contributed by atoms with Crippen LogP contribution in [0.4, 0.5) is 0 Å². The molecule has 0 spiro atoms. The van der Waals surface area contributed by atoms with E-state index in [1.54, 1.807) is 0 Å². The lowest BCUT2D eigenvalue weighted by Gasteiger charge is -2.17. The summed E-state index contributed by atoms with van der Waals surface area (Å²) < 4.78 is 2.40. The van der Waals surface area contributed by atoms with Crippen LogP contribution >= 0.6 is 0 Å². The van der Waals surface area contributed by atoms with E-state index >= 15 is 0 Å². The van der Waals surface area contributed by atoms with Gasteiger partial charge in [0.25, 0.3) is 0 Å². The van der Waals surface area contributed by atoms with Gasteiger partial charge in [0, 0.05) is 16.5 Å². The molecule has 216 valence electrons. The van der Waals surface area contributed by atoms with Crippen LogP contribution in [0.15, 0.2) is 170 Å². The Bertz CT molecular complexity index is 2590. The van der Waals surface area contributed by atoms with Crippen molar-refractivity contribution in [1.29, 1.82) is 0 Å². The number of fused-ring (bicyclic) bond motifs is 7. The van der Waals surface area contributed by atoms with Crippen molar-refractivity contribution in [2.24, 2.45) is 0 Å². The van der Waals surface area contributed by atoms with Gasteiger partial charge < -0.3 is 4.57 Å². The molecule has 9 aromatic rings. The molecular formula is C45H31N. The highest BCUT2D eigenvalue weighted by Gasteiger charge is 2.16. The maximum atomic E-state index is 2.40. The molecule has 0 fully saturated rings. The van der Waals surface area contributed by atoms with Gasteiger partial charge in [0.05, 0.1) is 11.0 Å². The lowest BCUT2D eigenvalue weighted by Crippen LogP contribution is -1.93. The molecule has 0 amide bonds. The van der Waals surface area contributed by atoms with Crippen molar-refractivity contribution in [2.75, 3.05) is 0 Å². The summed E-state index contributed by atoms with van der Waals surface area (Å²) in [5.41, 5.74) is 8.79.